The lowest BCUT2D eigenvalue weighted by atomic mass is 10.1. The number of nitrogens with zero attached hydrogens (tertiary/aromatic N) is 2. The largest absolute Gasteiger partial charge is 0.483 e. The highest BCUT2D eigenvalue weighted by Gasteiger charge is 2.34. The number of halogens is 3. The number of hydrogen-bond acceptors (Lipinski definition) is 3. The second-order valence-corrected chi connectivity index (χ2v) is 6.69. The Balaban J connectivity index is 1.70. The third-order valence-electron chi connectivity index (χ3n) is 4.51. The van der Waals surface area contributed by atoms with E-state index in [0.29, 0.717) is 19.5 Å². The van der Waals surface area contributed by atoms with E-state index in [1.54, 1.807) is 23.4 Å². The second-order valence-electron chi connectivity index (χ2n) is 6.69. The summed E-state index contributed by atoms with van der Waals surface area (Å²) in [5, 5.41) is 0. The Morgan fingerprint density at radius 1 is 0.933 bits per heavy atom. The van der Waals surface area contributed by atoms with Crippen LogP contribution in [-0.2, 0) is 23.9 Å². The molecule has 1 aromatic heterocycles. The van der Waals surface area contributed by atoms with Crippen LogP contribution in [0.4, 0.5) is 13.2 Å². The third kappa shape index (κ3) is 6.07. The molecule has 0 unspecified atom stereocenters. The van der Waals surface area contributed by atoms with Crippen LogP contribution in [0.2, 0.25) is 0 Å². The molecule has 3 rings (SSSR count). The first-order chi connectivity index (χ1) is 14.4. The highest BCUT2D eigenvalue weighted by atomic mass is 19.4. The fourth-order valence-electron chi connectivity index (χ4n) is 2.97. The summed E-state index contributed by atoms with van der Waals surface area (Å²) in [7, 11) is 0. The van der Waals surface area contributed by atoms with Crippen molar-refractivity contribution in [2.75, 3.05) is 13.2 Å². The van der Waals surface area contributed by atoms with Crippen molar-refractivity contribution >= 4 is 5.91 Å². The number of carbonyl (C=O) groups is 1. The summed E-state index contributed by atoms with van der Waals surface area (Å²) in [5.74, 6) is -0.755. The summed E-state index contributed by atoms with van der Waals surface area (Å²) in [6, 6.07) is 18.2. The average Bonchev–Trinajstić information content (AvgIpc) is 2.76. The van der Waals surface area contributed by atoms with Gasteiger partial charge < -0.3 is 9.64 Å². The lowest BCUT2D eigenvalue weighted by molar-refractivity contribution is -0.141. The molecule has 3 aromatic rings. The van der Waals surface area contributed by atoms with E-state index in [4.69, 9.17) is 4.74 Å². The van der Waals surface area contributed by atoms with Gasteiger partial charge in [0.05, 0.1) is 5.56 Å². The Labute approximate surface area is 172 Å². The number of ether oxygens (including phenoxy) is 1. The van der Waals surface area contributed by atoms with Crippen molar-refractivity contribution in [3.05, 3.63) is 95.8 Å². The zero-order chi connectivity index (χ0) is 21.4. The van der Waals surface area contributed by atoms with Gasteiger partial charge in [0, 0.05) is 25.5 Å². The van der Waals surface area contributed by atoms with Gasteiger partial charge in [-0.25, -0.2) is 0 Å². The first-order valence-corrected chi connectivity index (χ1v) is 9.43. The molecule has 2 aromatic carbocycles. The van der Waals surface area contributed by atoms with Crippen molar-refractivity contribution in [3.63, 3.8) is 0 Å². The summed E-state index contributed by atoms with van der Waals surface area (Å²) in [5.41, 5.74) is 0.986. The number of pyridine rings is 1. The summed E-state index contributed by atoms with van der Waals surface area (Å²) in [6.07, 6.45) is -0.645. The molecule has 1 amide bonds. The molecule has 7 heteroatoms. The van der Waals surface area contributed by atoms with E-state index < -0.39 is 24.3 Å². The van der Waals surface area contributed by atoms with Gasteiger partial charge in [-0.15, -0.1) is 0 Å². The molecular formula is C23H21F3N2O2. The second kappa shape index (κ2) is 9.91. The number of rotatable bonds is 8. The summed E-state index contributed by atoms with van der Waals surface area (Å²) >= 11 is 0. The molecule has 0 saturated carbocycles. The summed E-state index contributed by atoms with van der Waals surface area (Å²) < 4.78 is 44.7. The predicted molar refractivity (Wildman–Crippen MR) is 107 cm³/mol. The quantitative estimate of drug-likeness (QED) is 0.534. The zero-order valence-electron chi connectivity index (χ0n) is 16.2. The third-order valence-corrected chi connectivity index (χ3v) is 4.51. The van der Waals surface area contributed by atoms with E-state index in [1.165, 1.54) is 18.2 Å². The van der Waals surface area contributed by atoms with Crippen molar-refractivity contribution in [1.82, 2.24) is 9.88 Å². The van der Waals surface area contributed by atoms with Crippen molar-refractivity contribution in [2.24, 2.45) is 0 Å². The number of carbonyl (C=O) groups excluding carboxylic acids is 1. The number of hydrogen-bond donors (Lipinski definition) is 0. The highest BCUT2D eigenvalue weighted by molar-refractivity contribution is 5.77. The topological polar surface area (TPSA) is 42.4 Å². The number of amides is 1. The SMILES string of the molecule is O=C(COc1ccccc1C(F)(F)F)N(CCc1ccccc1)Cc1cccnc1. The molecule has 0 aliphatic rings. The molecule has 4 nitrogen and oxygen atoms in total. The van der Waals surface area contributed by atoms with Crippen LogP contribution in [0, 0.1) is 0 Å². The Kier molecular flexibility index (Phi) is 7.06. The maximum Gasteiger partial charge on any atom is 0.419 e. The van der Waals surface area contributed by atoms with Gasteiger partial charge in [0.25, 0.3) is 5.91 Å². The van der Waals surface area contributed by atoms with Crippen LogP contribution < -0.4 is 4.74 Å². The van der Waals surface area contributed by atoms with Crippen LogP contribution in [0.5, 0.6) is 5.75 Å². The van der Waals surface area contributed by atoms with Crippen molar-refractivity contribution in [2.45, 2.75) is 19.1 Å². The van der Waals surface area contributed by atoms with Gasteiger partial charge in [0.2, 0.25) is 0 Å². The summed E-state index contributed by atoms with van der Waals surface area (Å²) in [4.78, 5) is 18.4. The van der Waals surface area contributed by atoms with Gasteiger partial charge in [-0.05, 0) is 35.7 Å². The number of alkyl halides is 3. The Hall–Kier alpha value is -3.35. The molecular weight excluding hydrogens is 393 g/mol. The Morgan fingerprint density at radius 3 is 2.33 bits per heavy atom. The first kappa shape index (κ1) is 21.4. The van der Waals surface area contributed by atoms with E-state index in [2.05, 4.69) is 4.98 Å². The maximum absolute atomic E-state index is 13.1. The van der Waals surface area contributed by atoms with Gasteiger partial charge in [-0.1, -0.05) is 48.5 Å². The fourth-order valence-corrected chi connectivity index (χ4v) is 2.97. The molecule has 0 aliphatic heterocycles. The van der Waals surface area contributed by atoms with Crippen molar-refractivity contribution < 1.29 is 22.7 Å². The average molecular weight is 414 g/mol. The number of para-hydroxylation sites is 1. The van der Waals surface area contributed by atoms with Crippen LogP contribution in [-0.4, -0.2) is 28.9 Å². The molecule has 0 spiro atoms. The fraction of sp³-hybridized carbons (Fsp3) is 0.217. The summed E-state index contributed by atoms with van der Waals surface area (Å²) in [6.45, 7) is 0.216. The van der Waals surface area contributed by atoms with Gasteiger partial charge >= 0.3 is 6.18 Å². The Morgan fingerprint density at radius 2 is 1.63 bits per heavy atom. The van der Waals surface area contributed by atoms with Crippen molar-refractivity contribution in [1.29, 1.82) is 0 Å². The molecule has 0 N–H and O–H groups in total. The minimum Gasteiger partial charge on any atom is -0.483 e. The molecule has 0 fully saturated rings. The number of benzene rings is 2. The van der Waals surface area contributed by atoms with E-state index in [0.717, 1.165) is 17.2 Å². The van der Waals surface area contributed by atoms with E-state index in [9.17, 15) is 18.0 Å². The molecule has 156 valence electrons. The van der Waals surface area contributed by atoms with Crippen molar-refractivity contribution in [3.8, 4) is 5.75 Å². The molecule has 0 radical (unpaired) electrons. The maximum atomic E-state index is 13.1. The van der Waals surface area contributed by atoms with E-state index in [1.807, 2.05) is 36.4 Å². The van der Waals surface area contributed by atoms with Gasteiger partial charge in [0.15, 0.2) is 6.61 Å². The monoisotopic (exact) mass is 414 g/mol. The lowest BCUT2D eigenvalue weighted by Gasteiger charge is -2.23. The normalized spacial score (nSPS) is 11.2. The van der Waals surface area contributed by atoms with Crippen LogP contribution >= 0.6 is 0 Å². The molecule has 1 heterocycles. The lowest BCUT2D eigenvalue weighted by Crippen LogP contribution is -2.36. The Bertz CT molecular complexity index is 947. The molecule has 0 atom stereocenters. The minimum absolute atomic E-state index is 0.295. The van der Waals surface area contributed by atoms with Crippen LogP contribution in [0.3, 0.4) is 0 Å². The van der Waals surface area contributed by atoms with Gasteiger partial charge in [0.1, 0.15) is 5.75 Å². The van der Waals surface area contributed by atoms with Crippen LogP contribution in [0.25, 0.3) is 0 Å². The molecule has 0 saturated heterocycles. The predicted octanol–water partition coefficient (Wildman–Crippen LogP) is 4.75. The number of aromatic nitrogens is 1. The van der Waals surface area contributed by atoms with E-state index >= 15 is 0 Å². The first-order valence-electron chi connectivity index (χ1n) is 9.43. The van der Waals surface area contributed by atoms with Gasteiger partial charge in [-0.2, -0.15) is 13.2 Å². The standard InChI is InChI=1S/C23H21F3N2O2/c24-23(25,26)20-10-4-5-11-21(20)30-17-22(29)28(16-19-9-6-13-27-15-19)14-12-18-7-2-1-3-8-18/h1-11,13,15H,12,14,16-17H2. The molecule has 0 aliphatic carbocycles. The minimum atomic E-state index is -4.55. The van der Waals surface area contributed by atoms with Crippen LogP contribution in [0.15, 0.2) is 79.1 Å². The van der Waals surface area contributed by atoms with E-state index in [-0.39, 0.29) is 5.75 Å². The molecule has 0 bridgehead atoms. The highest BCUT2D eigenvalue weighted by Crippen LogP contribution is 2.35. The van der Waals surface area contributed by atoms with Gasteiger partial charge in [-0.3, -0.25) is 9.78 Å². The molecule has 30 heavy (non-hydrogen) atoms. The smallest absolute Gasteiger partial charge is 0.419 e. The zero-order valence-corrected chi connectivity index (χ0v) is 16.2. The van der Waals surface area contributed by atoms with Crippen LogP contribution in [0.1, 0.15) is 16.7 Å².